The molecule has 35 heavy (non-hydrogen) atoms. The molecule has 7 rings (SSSR count). The molecule has 0 radical (unpaired) electrons. The van der Waals surface area contributed by atoms with Crippen molar-refractivity contribution < 1.29 is 0 Å². The first-order chi connectivity index (χ1) is 17.4. The van der Waals surface area contributed by atoms with Crippen LogP contribution in [0, 0.1) is 0 Å². The molecular weight excluding hydrogens is 428 g/mol. The molecule has 1 aliphatic carbocycles. The highest BCUT2D eigenvalue weighted by Gasteiger charge is 2.48. The van der Waals surface area contributed by atoms with E-state index in [0.29, 0.717) is 0 Å². The maximum atomic E-state index is 5.18. The number of fused-ring (bicyclic) bond motifs is 3. The predicted molar refractivity (Wildman–Crippen MR) is 138 cm³/mol. The van der Waals surface area contributed by atoms with Crippen LogP contribution in [0.15, 0.2) is 134 Å². The van der Waals surface area contributed by atoms with Crippen LogP contribution in [-0.4, -0.2) is 19.3 Å². The molecule has 3 heterocycles. The molecule has 0 bridgehead atoms. The van der Waals surface area contributed by atoms with E-state index in [9.17, 15) is 0 Å². The van der Waals surface area contributed by atoms with Crippen molar-refractivity contribution in [2.45, 2.75) is 5.41 Å². The Bertz CT molecular complexity index is 1520. The minimum atomic E-state index is -0.534. The number of rotatable bonds is 4. The molecule has 0 N–H and O–H groups in total. The van der Waals surface area contributed by atoms with Gasteiger partial charge in [-0.2, -0.15) is 5.10 Å². The summed E-state index contributed by atoms with van der Waals surface area (Å²) in [4.78, 5) is 4.56. The molecule has 0 saturated heterocycles. The molecule has 0 amide bonds. The summed E-state index contributed by atoms with van der Waals surface area (Å²) in [6.07, 6.45) is 8.18. The Morgan fingerprint density at radius 2 is 1.29 bits per heavy atom. The van der Waals surface area contributed by atoms with E-state index in [1.165, 1.54) is 27.8 Å². The summed E-state index contributed by atoms with van der Waals surface area (Å²) in [5, 5.41) is 5.18. The fourth-order valence-electron chi connectivity index (χ4n) is 5.49. The van der Waals surface area contributed by atoms with Crippen LogP contribution in [-0.2, 0) is 5.41 Å². The number of hydrogen-bond acceptors (Lipinski definition) is 2. The van der Waals surface area contributed by atoms with E-state index in [1.807, 2.05) is 47.3 Å². The van der Waals surface area contributed by atoms with Gasteiger partial charge in [-0.15, -0.1) is 0 Å². The fourth-order valence-corrected chi connectivity index (χ4v) is 5.49. The SMILES string of the molecule is c1ccc(-n2ccc(C3(c4ccn(-c5ccccn5)c4)c4ccccc4-c4ccccc43)n2)cc1. The molecule has 0 aliphatic heterocycles. The quantitative estimate of drug-likeness (QED) is 0.310. The first kappa shape index (κ1) is 19.7. The van der Waals surface area contributed by atoms with Crippen LogP contribution < -0.4 is 0 Å². The van der Waals surface area contributed by atoms with Crippen molar-refractivity contribution in [3.8, 4) is 22.6 Å². The predicted octanol–water partition coefficient (Wildman–Crippen LogP) is 6.42. The van der Waals surface area contributed by atoms with Gasteiger partial charge in [0, 0.05) is 24.8 Å². The van der Waals surface area contributed by atoms with Crippen molar-refractivity contribution in [3.63, 3.8) is 0 Å². The number of benzene rings is 3. The van der Waals surface area contributed by atoms with Crippen LogP contribution in [0.1, 0.15) is 22.4 Å². The van der Waals surface area contributed by atoms with Gasteiger partial charge in [0.1, 0.15) is 5.82 Å². The van der Waals surface area contributed by atoms with E-state index < -0.39 is 5.41 Å². The summed E-state index contributed by atoms with van der Waals surface area (Å²) in [7, 11) is 0. The Kier molecular flexibility index (Phi) is 4.33. The van der Waals surface area contributed by atoms with Gasteiger partial charge in [-0.25, -0.2) is 9.67 Å². The van der Waals surface area contributed by atoms with Crippen LogP contribution in [0.3, 0.4) is 0 Å². The van der Waals surface area contributed by atoms with Crippen molar-refractivity contribution in [1.29, 1.82) is 0 Å². The van der Waals surface area contributed by atoms with Gasteiger partial charge in [-0.05, 0) is 64.2 Å². The Morgan fingerprint density at radius 1 is 0.600 bits per heavy atom. The van der Waals surface area contributed by atoms with E-state index in [2.05, 4.69) is 101 Å². The van der Waals surface area contributed by atoms with Crippen LogP contribution in [0.2, 0.25) is 0 Å². The van der Waals surface area contributed by atoms with Crippen LogP contribution in [0.5, 0.6) is 0 Å². The first-order valence-corrected chi connectivity index (χ1v) is 11.8. The highest BCUT2D eigenvalue weighted by Crippen LogP contribution is 2.55. The second kappa shape index (κ2) is 7.67. The lowest BCUT2D eigenvalue weighted by atomic mass is 9.71. The maximum Gasteiger partial charge on any atom is 0.136 e. The third-order valence-electron chi connectivity index (χ3n) is 6.99. The van der Waals surface area contributed by atoms with Gasteiger partial charge in [0.05, 0.1) is 16.8 Å². The number of nitrogens with zero attached hydrogens (tertiary/aromatic N) is 4. The molecule has 0 atom stereocenters. The lowest BCUT2D eigenvalue weighted by molar-refractivity contribution is 0.706. The van der Waals surface area contributed by atoms with Crippen molar-refractivity contribution in [3.05, 3.63) is 156 Å². The highest BCUT2D eigenvalue weighted by atomic mass is 15.3. The second-order valence-corrected chi connectivity index (χ2v) is 8.82. The first-order valence-electron chi connectivity index (χ1n) is 11.8. The zero-order valence-corrected chi connectivity index (χ0v) is 19.0. The summed E-state index contributed by atoms with van der Waals surface area (Å²) >= 11 is 0. The van der Waals surface area contributed by atoms with Gasteiger partial charge in [0.15, 0.2) is 0 Å². The minimum Gasteiger partial charge on any atom is -0.308 e. The molecule has 0 saturated carbocycles. The van der Waals surface area contributed by atoms with E-state index in [4.69, 9.17) is 5.10 Å². The average Bonchev–Trinajstić information content (AvgIpc) is 3.67. The normalized spacial score (nSPS) is 13.4. The van der Waals surface area contributed by atoms with Gasteiger partial charge in [0.2, 0.25) is 0 Å². The number of para-hydroxylation sites is 1. The van der Waals surface area contributed by atoms with Gasteiger partial charge in [-0.3, -0.25) is 0 Å². The number of hydrogen-bond donors (Lipinski definition) is 0. The average molecular weight is 451 g/mol. The third kappa shape index (κ3) is 2.87. The van der Waals surface area contributed by atoms with Crippen molar-refractivity contribution >= 4 is 0 Å². The zero-order valence-electron chi connectivity index (χ0n) is 19.0. The molecule has 0 spiro atoms. The topological polar surface area (TPSA) is 35.6 Å². The van der Waals surface area contributed by atoms with Gasteiger partial charge in [-0.1, -0.05) is 72.8 Å². The zero-order chi connectivity index (χ0) is 23.2. The highest BCUT2D eigenvalue weighted by molar-refractivity contribution is 5.85. The monoisotopic (exact) mass is 450 g/mol. The molecule has 4 nitrogen and oxygen atoms in total. The molecule has 3 aromatic carbocycles. The lowest BCUT2D eigenvalue weighted by Gasteiger charge is -2.30. The number of aromatic nitrogens is 4. The van der Waals surface area contributed by atoms with Crippen molar-refractivity contribution in [2.24, 2.45) is 0 Å². The van der Waals surface area contributed by atoms with Crippen LogP contribution >= 0.6 is 0 Å². The van der Waals surface area contributed by atoms with E-state index in [1.54, 1.807) is 0 Å². The molecule has 166 valence electrons. The molecule has 6 aromatic rings. The Hall–Kier alpha value is -4.70. The third-order valence-corrected chi connectivity index (χ3v) is 6.99. The van der Waals surface area contributed by atoms with Crippen molar-refractivity contribution in [2.75, 3.05) is 0 Å². The summed E-state index contributed by atoms with van der Waals surface area (Å²) < 4.78 is 4.06. The fraction of sp³-hybridized carbons (Fsp3) is 0.0323. The summed E-state index contributed by atoms with van der Waals surface area (Å²) in [6.45, 7) is 0. The molecule has 0 unspecified atom stereocenters. The Balaban J connectivity index is 1.52. The van der Waals surface area contributed by atoms with Crippen molar-refractivity contribution in [1.82, 2.24) is 19.3 Å². The summed E-state index contributed by atoms with van der Waals surface area (Å²) in [6, 6.07) is 38.0. The maximum absolute atomic E-state index is 5.18. The molecule has 0 fully saturated rings. The Morgan fingerprint density at radius 3 is 2.00 bits per heavy atom. The number of pyridine rings is 1. The molecular formula is C31H22N4. The van der Waals surface area contributed by atoms with Gasteiger partial charge < -0.3 is 4.57 Å². The lowest BCUT2D eigenvalue weighted by Crippen LogP contribution is -2.29. The summed E-state index contributed by atoms with van der Waals surface area (Å²) in [5.41, 5.74) is 7.67. The Labute approximate surface area is 203 Å². The smallest absolute Gasteiger partial charge is 0.136 e. The standard InChI is InChI=1S/C31H22N4/c1-2-10-24(11-3-1)35-21-18-29(33-35)31(23-17-20-34(22-23)30-16-8-9-19-32-30)27-14-6-4-12-25(27)26-13-5-7-15-28(26)31/h1-22H. The van der Waals surface area contributed by atoms with Crippen LogP contribution in [0.25, 0.3) is 22.6 Å². The minimum absolute atomic E-state index is 0.534. The van der Waals surface area contributed by atoms with E-state index in [-0.39, 0.29) is 0 Å². The largest absolute Gasteiger partial charge is 0.308 e. The molecule has 1 aliphatic rings. The van der Waals surface area contributed by atoms with E-state index >= 15 is 0 Å². The molecule has 3 aromatic heterocycles. The van der Waals surface area contributed by atoms with Crippen LogP contribution in [0.4, 0.5) is 0 Å². The van der Waals surface area contributed by atoms with Gasteiger partial charge in [0.25, 0.3) is 0 Å². The second-order valence-electron chi connectivity index (χ2n) is 8.82. The molecule has 4 heteroatoms. The summed E-state index contributed by atoms with van der Waals surface area (Å²) in [5.74, 6) is 0.892. The van der Waals surface area contributed by atoms with E-state index in [0.717, 1.165) is 17.2 Å². The van der Waals surface area contributed by atoms with Gasteiger partial charge >= 0.3 is 0 Å².